The molecule has 1 N–H and O–H groups in total. The average molecular weight is 375 g/mol. The van der Waals surface area contributed by atoms with Gasteiger partial charge in [-0.1, -0.05) is 53.6 Å². The van der Waals surface area contributed by atoms with Crippen LogP contribution in [0.2, 0.25) is 5.02 Å². The number of carbonyl (C=O) groups excluding carboxylic acids is 1. The minimum atomic E-state index is -1.01. The Morgan fingerprint density at radius 1 is 1.12 bits per heavy atom. The molecule has 0 aliphatic carbocycles. The van der Waals surface area contributed by atoms with Gasteiger partial charge in [-0.2, -0.15) is 0 Å². The van der Waals surface area contributed by atoms with Crippen LogP contribution in [0.4, 0.5) is 0 Å². The molecule has 0 saturated carbocycles. The van der Waals surface area contributed by atoms with E-state index in [1.807, 2.05) is 31.2 Å². The predicted molar refractivity (Wildman–Crippen MR) is 97.8 cm³/mol. The summed E-state index contributed by atoms with van der Waals surface area (Å²) in [6, 6.07) is 11.8. The molecule has 7 heteroatoms. The average Bonchev–Trinajstić information content (AvgIpc) is 3.03. The zero-order valence-corrected chi connectivity index (χ0v) is 15.1. The molecule has 2 aromatic carbocycles. The summed E-state index contributed by atoms with van der Waals surface area (Å²) in [4.78, 5) is 24.0. The Morgan fingerprint density at radius 2 is 1.69 bits per heavy atom. The number of carbonyl (C=O) groups is 1. The smallest absolute Gasteiger partial charge is 0.323 e. The van der Waals surface area contributed by atoms with Crippen molar-refractivity contribution in [2.24, 2.45) is 0 Å². The van der Waals surface area contributed by atoms with Crippen LogP contribution in [0.1, 0.15) is 28.7 Å². The molecule has 6 nitrogen and oxygen atoms in total. The van der Waals surface area contributed by atoms with Gasteiger partial charge in [0.15, 0.2) is 0 Å². The molecule has 26 heavy (non-hydrogen) atoms. The molecule has 136 valence electrons. The number of hydrogen-bond donors (Lipinski definition) is 1. The SMILES string of the molecule is COC(=O)[C@@H]1N[C@@H](c2ccc(C)cc2)[C@@H]([N+](=O)[O-])[C@@H]1c1ccc(Cl)cc1. The summed E-state index contributed by atoms with van der Waals surface area (Å²) >= 11 is 5.94. The fourth-order valence-corrected chi connectivity index (χ4v) is 3.66. The Morgan fingerprint density at radius 3 is 2.23 bits per heavy atom. The highest BCUT2D eigenvalue weighted by Gasteiger charge is 2.54. The van der Waals surface area contributed by atoms with E-state index in [2.05, 4.69) is 5.32 Å². The standard InChI is InChI=1S/C19H19ClN2O4/c1-11-3-5-13(6-4-11)16-18(22(24)25)15(17(21-16)19(23)26-2)12-7-9-14(20)10-8-12/h3-10,15-18,21H,1-2H3/t15-,16+,17-,18+/m1/s1. The molecule has 0 unspecified atom stereocenters. The van der Waals surface area contributed by atoms with Crippen LogP contribution < -0.4 is 5.32 Å². The van der Waals surface area contributed by atoms with Crippen molar-refractivity contribution in [2.75, 3.05) is 7.11 Å². The Labute approximate surface area is 156 Å². The van der Waals surface area contributed by atoms with Crippen LogP contribution >= 0.6 is 11.6 Å². The Balaban J connectivity index is 2.07. The minimum Gasteiger partial charge on any atom is -0.468 e. The number of benzene rings is 2. The maximum absolute atomic E-state index is 12.3. The summed E-state index contributed by atoms with van der Waals surface area (Å²) < 4.78 is 4.89. The maximum Gasteiger partial charge on any atom is 0.323 e. The van der Waals surface area contributed by atoms with Gasteiger partial charge in [0.05, 0.1) is 13.0 Å². The number of rotatable bonds is 4. The zero-order valence-electron chi connectivity index (χ0n) is 14.4. The number of esters is 1. The second-order valence-electron chi connectivity index (χ2n) is 6.41. The van der Waals surface area contributed by atoms with E-state index in [9.17, 15) is 14.9 Å². The van der Waals surface area contributed by atoms with Gasteiger partial charge in [0.25, 0.3) is 0 Å². The Kier molecular flexibility index (Phi) is 5.25. The lowest BCUT2D eigenvalue weighted by molar-refractivity contribution is -0.527. The first-order chi connectivity index (χ1) is 12.4. The highest BCUT2D eigenvalue weighted by Crippen LogP contribution is 2.40. The lowest BCUT2D eigenvalue weighted by Crippen LogP contribution is -2.37. The van der Waals surface area contributed by atoms with Gasteiger partial charge in [0.2, 0.25) is 6.04 Å². The van der Waals surface area contributed by atoms with Crippen LogP contribution in [0.3, 0.4) is 0 Å². The third-order valence-electron chi connectivity index (χ3n) is 4.82. The predicted octanol–water partition coefficient (Wildman–Crippen LogP) is 3.26. The van der Waals surface area contributed by atoms with Crippen LogP contribution in [0.5, 0.6) is 0 Å². The monoisotopic (exact) mass is 374 g/mol. The van der Waals surface area contributed by atoms with Crippen molar-refractivity contribution in [3.63, 3.8) is 0 Å². The topological polar surface area (TPSA) is 81.5 Å². The van der Waals surface area contributed by atoms with Crippen molar-refractivity contribution in [2.45, 2.75) is 31.0 Å². The van der Waals surface area contributed by atoms with E-state index in [0.717, 1.165) is 11.1 Å². The van der Waals surface area contributed by atoms with E-state index in [-0.39, 0.29) is 4.92 Å². The van der Waals surface area contributed by atoms with E-state index >= 15 is 0 Å². The molecular formula is C19H19ClN2O4. The van der Waals surface area contributed by atoms with Crippen LogP contribution in [0, 0.1) is 17.0 Å². The van der Waals surface area contributed by atoms with Gasteiger partial charge in [-0.3, -0.25) is 20.2 Å². The number of nitrogens with one attached hydrogen (secondary N) is 1. The van der Waals surface area contributed by atoms with Gasteiger partial charge < -0.3 is 4.74 Å². The van der Waals surface area contributed by atoms with Crippen molar-refractivity contribution in [3.05, 3.63) is 80.4 Å². The van der Waals surface area contributed by atoms with Gasteiger partial charge in [-0.25, -0.2) is 0 Å². The molecule has 1 heterocycles. The lowest BCUT2D eigenvalue weighted by atomic mass is 9.85. The van der Waals surface area contributed by atoms with Gasteiger partial charge in [0.1, 0.15) is 12.1 Å². The number of aryl methyl sites for hydroxylation is 1. The Bertz CT molecular complexity index is 807. The highest BCUT2D eigenvalue weighted by atomic mass is 35.5. The third-order valence-corrected chi connectivity index (χ3v) is 5.07. The van der Waals surface area contributed by atoms with E-state index in [4.69, 9.17) is 16.3 Å². The summed E-state index contributed by atoms with van der Waals surface area (Å²) in [5, 5.41) is 15.6. The second-order valence-corrected chi connectivity index (χ2v) is 6.85. The summed E-state index contributed by atoms with van der Waals surface area (Å²) in [5.41, 5.74) is 2.50. The number of halogens is 1. The molecule has 0 radical (unpaired) electrons. The number of hydrogen-bond acceptors (Lipinski definition) is 5. The summed E-state index contributed by atoms with van der Waals surface area (Å²) in [7, 11) is 1.28. The van der Waals surface area contributed by atoms with Crippen LogP contribution in [0.15, 0.2) is 48.5 Å². The zero-order chi connectivity index (χ0) is 18.8. The Hall–Kier alpha value is -2.44. The summed E-state index contributed by atoms with van der Waals surface area (Å²) in [5.74, 6) is -1.19. The van der Waals surface area contributed by atoms with Crippen molar-refractivity contribution >= 4 is 17.6 Å². The molecule has 1 aliphatic heterocycles. The first kappa shape index (κ1) is 18.4. The molecule has 3 rings (SSSR count). The van der Waals surface area contributed by atoms with Crippen molar-refractivity contribution in [1.82, 2.24) is 5.32 Å². The quantitative estimate of drug-likeness (QED) is 0.504. The van der Waals surface area contributed by atoms with Crippen molar-refractivity contribution < 1.29 is 14.5 Å². The van der Waals surface area contributed by atoms with E-state index in [1.165, 1.54) is 7.11 Å². The van der Waals surface area contributed by atoms with Crippen LogP contribution in [-0.4, -0.2) is 30.1 Å². The number of nitro groups is 1. The first-order valence-electron chi connectivity index (χ1n) is 8.21. The second kappa shape index (κ2) is 7.43. The number of ether oxygens (including phenoxy) is 1. The molecule has 1 fully saturated rings. The van der Waals surface area contributed by atoms with Crippen molar-refractivity contribution in [1.29, 1.82) is 0 Å². The molecule has 0 aromatic heterocycles. The number of methoxy groups -OCH3 is 1. The molecule has 2 aromatic rings. The minimum absolute atomic E-state index is 0.320. The van der Waals surface area contributed by atoms with Crippen molar-refractivity contribution in [3.8, 4) is 0 Å². The number of nitrogens with zero attached hydrogens (tertiary/aromatic N) is 1. The molecular weight excluding hydrogens is 356 g/mol. The molecule has 0 spiro atoms. The molecule has 0 bridgehead atoms. The normalized spacial score (nSPS) is 25.0. The fraction of sp³-hybridized carbons (Fsp3) is 0.316. The van der Waals surface area contributed by atoms with Crippen LogP contribution in [-0.2, 0) is 9.53 Å². The van der Waals surface area contributed by atoms with E-state index in [1.54, 1.807) is 24.3 Å². The molecule has 1 saturated heterocycles. The van der Waals surface area contributed by atoms with E-state index < -0.39 is 30.0 Å². The fourth-order valence-electron chi connectivity index (χ4n) is 3.54. The van der Waals surface area contributed by atoms with Gasteiger partial charge >= 0.3 is 5.97 Å². The molecule has 0 amide bonds. The summed E-state index contributed by atoms with van der Waals surface area (Å²) in [6.07, 6.45) is 0. The molecule has 4 atom stereocenters. The first-order valence-corrected chi connectivity index (χ1v) is 8.59. The highest BCUT2D eigenvalue weighted by molar-refractivity contribution is 6.30. The van der Waals surface area contributed by atoms with E-state index in [0.29, 0.717) is 10.6 Å². The largest absolute Gasteiger partial charge is 0.468 e. The lowest BCUT2D eigenvalue weighted by Gasteiger charge is -2.19. The molecule has 1 aliphatic rings. The van der Waals surface area contributed by atoms with Gasteiger partial charge in [-0.05, 0) is 30.2 Å². The van der Waals surface area contributed by atoms with Gasteiger partial charge in [0, 0.05) is 9.95 Å². The third kappa shape index (κ3) is 3.43. The maximum atomic E-state index is 12.3. The van der Waals surface area contributed by atoms with Crippen LogP contribution in [0.25, 0.3) is 0 Å². The van der Waals surface area contributed by atoms with Gasteiger partial charge in [-0.15, -0.1) is 0 Å². The summed E-state index contributed by atoms with van der Waals surface area (Å²) in [6.45, 7) is 1.95.